The van der Waals surface area contributed by atoms with Crippen LogP contribution in [-0.4, -0.2) is 13.3 Å². The van der Waals surface area contributed by atoms with Crippen LogP contribution in [0.4, 0.5) is 22.0 Å². The fourth-order valence-corrected chi connectivity index (χ4v) is 1.62. The molecule has 0 atom stereocenters. The predicted molar refractivity (Wildman–Crippen MR) is 70.6 cm³/mol. The summed E-state index contributed by atoms with van der Waals surface area (Å²) >= 11 is 0. The van der Waals surface area contributed by atoms with Crippen LogP contribution in [0.25, 0.3) is 0 Å². The molecule has 8 heteroatoms. The zero-order chi connectivity index (χ0) is 17.0. The molecule has 0 amide bonds. The van der Waals surface area contributed by atoms with Gasteiger partial charge in [0.15, 0.2) is 23.3 Å². The molecule has 121 valence electrons. The highest BCUT2D eigenvalue weighted by molar-refractivity contribution is 5.79. The summed E-state index contributed by atoms with van der Waals surface area (Å²) in [6, 6.07) is 6.37. The van der Waals surface area contributed by atoms with Crippen molar-refractivity contribution in [2.75, 3.05) is 7.11 Å². The summed E-state index contributed by atoms with van der Waals surface area (Å²) < 4.78 is 70.5. The number of hydrogen-bond donors (Lipinski definition) is 0. The lowest BCUT2D eigenvalue weighted by atomic mass is 10.2. The minimum atomic E-state index is -2.22. The van der Waals surface area contributed by atoms with E-state index in [1.165, 1.54) is 7.11 Å². The second-order valence-electron chi connectivity index (χ2n) is 4.25. The second kappa shape index (κ2) is 7.08. The van der Waals surface area contributed by atoms with Crippen LogP contribution in [0.3, 0.4) is 0 Å². The first-order valence-electron chi connectivity index (χ1n) is 6.18. The molecule has 0 aliphatic rings. The summed E-state index contributed by atoms with van der Waals surface area (Å²) in [4.78, 5) is 4.54. The second-order valence-corrected chi connectivity index (χ2v) is 4.25. The third kappa shape index (κ3) is 3.58. The van der Waals surface area contributed by atoms with Crippen LogP contribution in [0, 0.1) is 29.1 Å². The Labute approximate surface area is 127 Å². The van der Waals surface area contributed by atoms with Crippen molar-refractivity contribution < 1.29 is 31.5 Å². The van der Waals surface area contributed by atoms with Gasteiger partial charge in [0.25, 0.3) is 0 Å². The SMILES string of the molecule is COc1ccc(/[C]=N\OCc2c(F)c(F)c(F)c(F)c2F)cc1. The topological polar surface area (TPSA) is 30.8 Å². The molecule has 0 bridgehead atoms. The minimum absolute atomic E-state index is 0.461. The van der Waals surface area contributed by atoms with Crippen LogP contribution in [0.2, 0.25) is 0 Å². The Morgan fingerprint density at radius 3 is 1.91 bits per heavy atom. The van der Waals surface area contributed by atoms with Crippen molar-refractivity contribution in [2.45, 2.75) is 6.61 Å². The van der Waals surface area contributed by atoms with Crippen LogP contribution in [0.15, 0.2) is 29.4 Å². The van der Waals surface area contributed by atoms with Gasteiger partial charge in [0.1, 0.15) is 18.6 Å². The van der Waals surface area contributed by atoms with Crippen molar-refractivity contribution in [2.24, 2.45) is 5.16 Å². The molecule has 0 N–H and O–H groups in total. The van der Waals surface area contributed by atoms with E-state index in [-0.39, 0.29) is 0 Å². The Kier molecular flexibility index (Phi) is 5.15. The van der Waals surface area contributed by atoms with Crippen molar-refractivity contribution in [1.29, 1.82) is 0 Å². The Morgan fingerprint density at radius 2 is 1.39 bits per heavy atom. The minimum Gasteiger partial charge on any atom is -0.497 e. The van der Waals surface area contributed by atoms with E-state index in [2.05, 4.69) is 16.2 Å². The Morgan fingerprint density at radius 1 is 0.870 bits per heavy atom. The molecule has 0 aromatic heterocycles. The molecule has 0 saturated carbocycles. The Balaban J connectivity index is 2.08. The van der Waals surface area contributed by atoms with Gasteiger partial charge in [0.05, 0.1) is 12.7 Å². The quantitative estimate of drug-likeness (QED) is 0.274. The van der Waals surface area contributed by atoms with E-state index in [0.29, 0.717) is 11.3 Å². The van der Waals surface area contributed by atoms with E-state index in [1.807, 2.05) is 0 Å². The van der Waals surface area contributed by atoms with Crippen molar-refractivity contribution in [1.82, 2.24) is 0 Å². The molecule has 0 heterocycles. The molecule has 0 aliphatic carbocycles. The fourth-order valence-electron chi connectivity index (χ4n) is 1.62. The normalized spacial score (nSPS) is 11.0. The summed E-state index contributed by atoms with van der Waals surface area (Å²) in [5.41, 5.74) is -0.648. The molecule has 2 rings (SSSR count). The van der Waals surface area contributed by atoms with Gasteiger partial charge in [-0.1, -0.05) is 5.16 Å². The van der Waals surface area contributed by atoms with Gasteiger partial charge in [0, 0.05) is 5.56 Å². The maximum Gasteiger partial charge on any atom is 0.200 e. The third-order valence-electron chi connectivity index (χ3n) is 2.84. The monoisotopic (exact) mass is 330 g/mol. The molecule has 0 spiro atoms. The van der Waals surface area contributed by atoms with Gasteiger partial charge in [0.2, 0.25) is 5.82 Å². The number of halogens is 5. The first-order chi connectivity index (χ1) is 11.0. The van der Waals surface area contributed by atoms with E-state index in [1.54, 1.807) is 24.3 Å². The number of hydrogen-bond acceptors (Lipinski definition) is 3. The van der Waals surface area contributed by atoms with Gasteiger partial charge in [-0.05, 0) is 24.3 Å². The molecule has 0 unspecified atom stereocenters. The van der Waals surface area contributed by atoms with Crippen molar-refractivity contribution in [3.8, 4) is 5.75 Å². The van der Waals surface area contributed by atoms with Crippen LogP contribution >= 0.6 is 0 Å². The average molecular weight is 330 g/mol. The van der Waals surface area contributed by atoms with Gasteiger partial charge in [-0.25, -0.2) is 22.0 Å². The van der Waals surface area contributed by atoms with E-state index >= 15 is 0 Å². The van der Waals surface area contributed by atoms with E-state index < -0.39 is 41.3 Å². The lowest BCUT2D eigenvalue weighted by molar-refractivity contribution is 0.124. The molecular weight excluding hydrogens is 321 g/mol. The number of benzene rings is 2. The Hall–Kier alpha value is -2.64. The predicted octanol–water partition coefficient (Wildman–Crippen LogP) is 3.82. The number of methoxy groups -OCH3 is 1. The van der Waals surface area contributed by atoms with Crippen LogP contribution in [-0.2, 0) is 11.4 Å². The summed E-state index contributed by atoms with van der Waals surface area (Å²) in [5.74, 6) is -9.62. The van der Waals surface area contributed by atoms with E-state index in [0.717, 1.165) is 0 Å². The average Bonchev–Trinajstić information content (AvgIpc) is 2.58. The lowest BCUT2D eigenvalue weighted by Gasteiger charge is -2.06. The molecular formula is C15H9F5NO2. The van der Waals surface area contributed by atoms with Gasteiger partial charge in [-0.15, -0.1) is 0 Å². The van der Waals surface area contributed by atoms with E-state index in [4.69, 9.17) is 4.74 Å². The first kappa shape index (κ1) is 16.7. The molecule has 0 fully saturated rings. The molecule has 2 aromatic carbocycles. The maximum atomic E-state index is 13.4. The van der Waals surface area contributed by atoms with Crippen LogP contribution < -0.4 is 4.74 Å². The van der Waals surface area contributed by atoms with Crippen LogP contribution in [0.5, 0.6) is 5.75 Å². The highest BCUT2D eigenvalue weighted by Gasteiger charge is 2.25. The largest absolute Gasteiger partial charge is 0.497 e. The summed E-state index contributed by atoms with van der Waals surface area (Å²) in [7, 11) is 1.49. The molecule has 0 saturated heterocycles. The Bertz CT molecular complexity index is 703. The highest BCUT2D eigenvalue weighted by Crippen LogP contribution is 2.23. The standard InChI is InChI=1S/C15H9F5NO2/c1-22-9-4-2-8(3-5-9)6-21-23-7-10-11(16)13(18)15(20)14(19)12(10)17/h2-5H,7H2,1H3. The summed E-state index contributed by atoms with van der Waals surface area (Å²) in [6.07, 6.45) is 2.39. The number of ether oxygens (including phenoxy) is 1. The molecule has 3 nitrogen and oxygen atoms in total. The first-order valence-corrected chi connectivity index (χ1v) is 6.18. The lowest BCUT2D eigenvalue weighted by Crippen LogP contribution is -2.07. The molecule has 23 heavy (non-hydrogen) atoms. The zero-order valence-corrected chi connectivity index (χ0v) is 11.7. The van der Waals surface area contributed by atoms with Gasteiger partial charge >= 0.3 is 0 Å². The van der Waals surface area contributed by atoms with Gasteiger partial charge < -0.3 is 9.57 Å². The van der Waals surface area contributed by atoms with Crippen molar-refractivity contribution in [3.63, 3.8) is 0 Å². The zero-order valence-electron chi connectivity index (χ0n) is 11.7. The smallest absolute Gasteiger partial charge is 0.200 e. The summed E-state index contributed by atoms with van der Waals surface area (Å²) in [5, 5.41) is 3.29. The van der Waals surface area contributed by atoms with Crippen molar-refractivity contribution >= 4 is 6.21 Å². The molecule has 0 aliphatic heterocycles. The van der Waals surface area contributed by atoms with E-state index in [9.17, 15) is 22.0 Å². The summed E-state index contributed by atoms with van der Waals surface area (Å²) in [6.45, 7) is -0.936. The fraction of sp³-hybridized carbons (Fsp3) is 0.133. The number of rotatable bonds is 5. The van der Waals surface area contributed by atoms with Crippen molar-refractivity contribution in [3.05, 3.63) is 64.5 Å². The third-order valence-corrected chi connectivity index (χ3v) is 2.84. The van der Waals surface area contributed by atoms with Gasteiger partial charge in [-0.2, -0.15) is 0 Å². The highest BCUT2D eigenvalue weighted by atomic mass is 19.2. The number of nitrogens with zero attached hydrogens (tertiary/aromatic N) is 1. The van der Waals surface area contributed by atoms with Crippen LogP contribution in [0.1, 0.15) is 11.1 Å². The van der Waals surface area contributed by atoms with Gasteiger partial charge in [-0.3, -0.25) is 0 Å². The molecule has 2 aromatic rings. The maximum absolute atomic E-state index is 13.4. The molecule has 1 radical (unpaired) electrons.